The van der Waals surface area contributed by atoms with E-state index in [0.717, 1.165) is 44.9 Å². The van der Waals surface area contributed by atoms with Crippen LogP contribution in [0.3, 0.4) is 0 Å². The van der Waals surface area contributed by atoms with Gasteiger partial charge in [-0.05, 0) is 57.8 Å². The second kappa shape index (κ2) is 43.0. The molecule has 0 fully saturated rings. The van der Waals surface area contributed by atoms with Gasteiger partial charge in [0.05, 0.1) is 18.8 Å². The van der Waals surface area contributed by atoms with Crippen LogP contribution in [0.15, 0.2) is 36.5 Å². The molecule has 0 spiro atoms. The van der Waals surface area contributed by atoms with E-state index in [1.165, 1.54) is 173 Å². The fourth-order valence-corrected chi connectivity index (χ4v) is 6.84. The lowest BCUT2D eigenvalue weighted by Gasteiger charge is -2.19. The number of aliphatic hydroxyl groups is 2. The zero-order chi connectivity index (χ0) is 37.1. The summed E-state index contributed by atoms with van der Waals surface area (Å²) in [6.07, 6.45) is 57.0. The van der Waals surface area contributed by atoms with Crippen molar-refractivity contribution < 1.29 is 15.0 Å². The second-order valence-corrected chi connectivity index (χ2v) is 15.5. The average Bonchev–Trinajstić information content (AvgIpc) is 3.13. The third kappa shape index (κ3) is 39.6. The molecule has 0 saturated heterocycles. The Morgan fingerprint density at radius 2 is 0.765 bits per heavy atom. The Kier molecular flexibility index (Phi) is 41.8. The molecule has 0 heterocycles. The molecule has 0 aromatic rings. The number of aliphatic hydroxyl groups excluding tert-OH is 2. The Labute approximate surface area is 319 Å². The highest BCUT2D eigenvalue weighted by atomic mass is 16.3. The first-order valence-electron chi connectivity index (χ1n) is 22.7. The molecule has 0 aliphatic heterocycles. The lowest BCUT2D eigenvalue weighted by molar-refractivity contribution is -0.123. The molecule has 51 heavy (non-hydrogen) atoms. The van der Waals surface area contributed by atoms with E-state index in [9.17, 15) is 15.0 Å². The molecule has 0 aliphatic rings. The van der Waals surface area contributed by atoms with Crippen molar-refractivity contribution in [2.45, 2.75) is 251 Å². The fraction of sp³-hybridized carbons (Fsp3) is 0.851. The number of nitrogens with one attached hydrogen (secondary N) is 1. The zero-order valence-electron chi connectivity index (χ0n) is 34.4. The molecule has 0 aromatic carbocycles. The van der Waals surface area contributed by atoms with Gasteiger partial charge in [0.25, 0.3) is 0 Å². The monoisotopic (exact) mass is 716 g/mol. The minimum Gasteiger partial charge on any atom is -0.394 e. The molecular weight excluding hydrogens is 627 g/mol. The molecule has 2 atom stereocenters. The smallest absolute Gasteiger partial charge is 0.220 e. The standard InChI is InChI=1S/C47H89NO3/c1-3-5-7-9-11-13-15-17-18-19-20-21-22-23-24-25-26-27-28-29-31-32-34-36-38-40-42-46(50)45(44-49)48-47(51)43-41-39-37-35-33-30-16-14-12-10-8-6-4-2/h14,16,32,34,40,42,45-46,49-50H,3-13,15,17-31,33,35-39,41,43-44H2,1-2H3,(H,48,51)/b16-14-,34-32+,42-40+. The second-order valence-electron chi connectivity index (χ2n) is 15.5. The molecule has 0 aliphatic carbocycles. The average molecular weight is 716 g/mol. The first-order chi connectivity index (χ1) is 25.2. The highest BCUT2D eigenvalue weighted by Crippen LogP contribution is 2.15. The normalized spacial score (nSPS) is 13.3. The lowest BCUT2D eigenvalue weighted by Crippen LogP contribution is -2.45. The van der Waals surface area contributed by atoms with E-state index in [4.69, 9.17) is 0 Å². The van der Waals surface area contributed by atoms with Gasteiger partial charge in [-0.3, -0.25) is 4.79 Å². The zero-order valence-corrected chi connectivity index (χ0v) is 34.4. The summed E-state index contributed by atoms with van der Waals surface area (Å²) < 4.78 is 0. The molecule has 0 bridgehead atoms. The van der Waals surface area contributed by atoms with Crippen molar-refractivity contribution >= 4 is 5.91 Å². The van der Waals surface area contributed by atoms with Gasteiger partial charge in [0.15, 0.2) is 0 Å². The highest BCUT2D eigenvalue weighted by molar-refractivity contribution is 5.76. The van der Waals surface area contributed by atoms with Crippen molar-refractivity contribution in [3.63, 3.8) is 0 Å². The summed E-state index contributed by atoms with van der Waals surface area (Å²) in [7, 11) is 0. The number of allylic oxidation sites excluding steroid dienone is 5. The molecule has 0 rings (SSSR count). The summed E-state index contributed by atoms with van der Waals surface area (Å²) in [6.45, 7) is 4.28. The molecule has 0 radical (unpaired) electrons. The van der Waals surface area contributed by atoms with Crippen molar-refractivity contribution in [2.75, 3.05) is 6.61 Å². The predicted molar refractivity (Wildman–Crippen MR) is 225 cm³/mol. The molecular formula is C47H89NO3. The van der Waals surface area contributed by atoms with Crippen molar-refractivity contribution in [3.8, 4) is 0 Å². The third-order valence-corrected chi connectivity index (χ3v) is 10.3. The van der Waals surface area contributed by atoms with Crippen molar-refractivity contribution in [3.05, 3.63) is 36.5 Å². The van der Waals surface area contributed by atoms with Gasteiger partial charge in [-0.15, -0.1) is 0 Å². The van der Waals surface area contributed by atoms with E-state index >= 15 is 0 Å². The molecule has 0 saturated carbocycles. The minimum absolute atomic E-state index is 0.0829. The van der Waals surface area contributed by atoms with E-state index in [1.54, 1.807) is 6.08 Å². The Hall–Kier alpha value is -1.39. The summed E-state index contributed by atoms with van der Waals surface area (Å²) in [4.78, 5) is 12.3. The number of hydrogen-bond donors (Lipinski definition) is 3. The van der Waals surface area contributed by atoms with Crippen molar-refractivity contribution in [2.24, 2.45) is 0 Å². The van der Waals surface area contributed by atoms with Crippen LogP contribution in [0.1, 0.15) is 239 Å². The highest BCUT2D eigenvalue weighted by Gasteiger charge is 2.17. The Morgan fingerprint density at radius 1 is 0.451 bits per heavy atom. The van der Waals surface area contributed by atoms with E-state index < -0.39 is 12.1 Å². The van der Waals surface area contributed by atoms with Crippen molar-refractivity contribution in [1.29, 1.82) is 0 Å². The number of carbonyl (C=O) groups excluding carboxylic acids is 1. The topological polar surface area (TPSA) is 69.6 Å². The predicted octanol–water partition coefficient (Wildman–Crippen LogP) is 14.2. The van der Waals surface area contributed by atoms with Gasteiger partial charge in [0.1, 0.15) is 0 Å². The van der Waals surface area contributed by atoms with Gasteiger partial charge in [0, 0.05) is 6.42 Å². The van der Waals surface area contributed by atoms with E-state index in [0.29, 0.717) is 6.42 Å². The largest absolute Gasteiger partial charge is 0.394 e. The number of rotatable bonds is 41. The van der Waals surface area contributed by atoms with Gasteiger partial charge in [-0.2, -0.15) is 0 Å². The van der Waals surface area contributed by atoms with Crippen LogP contribution in [-0.2, 0) is 4.79 Å². The maximum Gasteiger partial charge on any atom is 0.220 e. The molecule has 3 N–H and O–H groups in total. The van der Waals surface area contributed by atoms with Gasteiger partial charge in [-0.25, -0.2) is 0 Å². The van der Waals surface area contributed by atoms with Crippen LogP contribution in [0.25, 0.3) is 0 Å². The maximum atomic E-state index is 12.3. The van der Waals surface area contributed by atoms with E-state index in [2.05, 4.69) is 43.5 Å². The molecule has 2 unspecified atom stereocenters. The van der Waals surface area contributed by atoms with Gasteiger partial charge < -0.3 is 15.5 Å². The molecule has 4 nitrogen and oxygen atoms in total. The summed E-state index contributed by atoms with van der Waals surface area (Å²) in [5.74, 6) is -0.0829. The molecule has 4 heteroatoms. The summed E-state index contributed by atoms with van der Waals surface area (Å²) in [6, 6.07) is -0.641. The van der Waals surface area contributed by atoms with E-state index in [1.807, 2.05) is 6.08 Å². The van der Waals surface area contributed by atoms with Crippen LogP contribution in [0.5, 0.6) is 0 Å². The van der Waals surface area contributed by atoms with Crippen LogP contribution >= 0.6 is 0 Å². The Morgan fingerprint density at radius 3 is 1.16 bits per heavy atom. The third-order valence-electron chi connectivity index (χ3n) is 10.3. The number of unbranched alkanes of at least 4 members (excludes halogenated alkanes) is 30. The molecule has 1 amide bonds. The first-order valence-corrected chi connectivity index (χ1v) is 22.7. The van der Waals surface area contributed by atoms with Gasteiger partial charge in [0.2, 0.25) is 5.91 Å². The lowest BCUT2D eigenvalue weighted by atomic mass is 10.0. The fourth-order valence-electron chi connectivity index (χ4n) is 6.84. The van der Waals surface area contributed by atoms with E-state index in [-0.39, 0.29) is 12.5 Å². The van der Waals surface area contributed by atoms with Crippen LogP contribution < -0.4 is 5.32 Å². The molecule has 0 aromatic heterocycles. The summed E-state index contributed by atoms with van der Waals surface area (Å²) in [5.41, 5.74) is 0. The maximum absolute atomic E-state index is 12.3. The van der Waals surface area contributed by atoms with Crippen LogP contribution in [-0.4, -0.2) is 34.9 Å². The SMILES string of the molecule is CCCCCC/C=C\CCCCCCCC(=O)NC(CO)C(O)/C=C/CC/C=C/CCCCCCCCCCCCCCCCCCCCCC. The Bertz CT molecular complexity index is 775. The minimum atomic E-state index is -0.864. The molecule has 300 valence electrons. The number of amides is 1. The number of carbonyl (C=O) groups is 1. The van der Waals surface area contributed by atoms with Crippen molar-refractivity contribution in [1.82, 2.24) is 5.32 Å². The van der Waals surface area contributed by atoms with Crippen LogP contribution in [0.4, 0.5) is 0 Å². The Balaban J connectivity index is 3.56. The quantitative estimate of drug-likeness (QED) is 0.0436. The summed E-state index contributed by atoms with van der Waals surface area (Å²) in [5, 5.41) is 23.0. The van der Waals surface area contributed by atoms with Crippen LogP contribution in [0.2, 0.25) is 0 Å². The number of hydrogen-bond acceptors (Lipinski definition) is 3. The van der Waals surface area contributed by atoms with Gasteiger partial charge in [-0.1, -0.05) is 211 Å². The summed E-state index contributed by atoms with van der Waals surface area (Å²) >= 11 is 0. The van der Waals surface area contributed by atoms with Crippen LogP contribution in [0, 0.1) is 0 Å². The van der Waals surface area contributed by atoms with Gasteiger partial charge >= 0.3 is 0 Å². The first kappa shape index (κ1) is 49.6.